The standard InChI is InChI=1S/C54H58N4O11/c1-3-30-66-54-49(57(35-39-19-13-18-37-16-7-8-20-43(37)39)53(62)68-41-24-22-40(23-25-41)58(63)64)33-47(56-65-2)45-31-38(17-9-11-28-59)44(21-10-12-29-60)50(51(45)54)46-32-42(26-27-48(46)69-54)67-52(61)55-34-36-14-5-4-6-15-36/h3-8,13-16,18-20,22-27,31-32,38,44,49-51,59-60H,1,9-12,17,21,28-30,33-35H2,2H3,(H,55,61)/t38-,44+,49-,50+,51+,54+/m0/s1. The molecule has 0 radical (unpaired) electrons. The van der Waals surface area contributed by atoms with Crippen LogP contribution in [0.3, 0.4) is 0 Å². The van der Waals surface area contributed by atoms with Gasteiger partial charge in [0.2, 0.25) is 5.79 Å². The van der Waals surface area contributed by atoms with Gasteiger partial charge in [0.15, 0.2) is 0 Å². The van der Waals surface area contributed by atoms with E-state index in [2.05, 4.69) is 23.1 Å². The van der Waals surface area contributed by atoms with Gasteiger partial charge in [0.25, 0.3) is 5.69 Å². The largest absolute Gasteiger partial charge is 0.459 e. The van der Waals surface area contributed by atoms with Gasteiger partial charge in [-0.1, -0.05) is 103 Å². The number of unbranched alkanes of at least 4 members (excludes halogenated alkanes) is 2. The molecule has 1 fully saturated rings. The quantitative estimate of drug-likeness (QED) is 0.0291. The van der Waals surface area contributed by atoms with Crippen LogP contribution in [-0.4, -0.2) is 76.7 Å². The Morgan fingerprint density at radius 1 is 0.913 bits per heavy atom. The minimum Gasteiger partial charge on any atom is -0.459 e. The number of nitrogens with one attached hydrogen (secondary N) is 1. The third-order valence-electron chi connectivity index (χ3n) is 13.4. The topological polar surface area (TPSA) is 192 Å². The number of aliphatic hydroxyl groups excluding tert-OH is 2. The van der Waals surface area contributed by atoms with Crippen molar-refractivity contribution in [3.05, 3.63) is 166 Å². The van der Waals surface area contributed by atoms with Crippen molar-refractivity contribution >= 4 is 34.4 Å². The first-order valence-corrected chi connectivity index (χ1v) is 23.5. The molecule has 15 heteroatoms. The number of carbonyl (C=O) groups excluding carboxylic acids is 2. The summed E-state index contributed by atoms with van der Waals surface area (Å²) in [6, 6.07) is 33.0. The van der Waals surface area contributed by atoms with Crippen molar-refractivity contribution < 1.29 is 48.5 Å². The highest BCUT2D eigenvalue weighted by molar-refractivity contribution is 6.03. The van der Waals surface area contributed by atoms with E-state index in [0.29, 0.717) is 42.9 Å². The third kappa shape index (κ3) is 10.7. The highest BCUT2D eigenvalue weighted by atomic mass is 16.7. The number of carbonyl (C=O) groups is 2. The molecule has 1 heterocycles. The number of aliphatic hydroxyl groups is 2. The maximum Gasteiger partial charge on any atom is 0.416 e. The zero-order valence-corrected chi connectivity index (χ0v) is 38.6. The Morgan fingerprint density at radius 3 is 2.38 bits per heavy atom. The molecule has 69 heavy (non-hydrogen) atoms. The second-order valence-electron chi connectivity index (χ2n) is 17.6. The van der Waals surface area contributed by atoms with Crippen LogP contribution in [0.2, 0.25) is 0 Å². The highest BCUT2D eigenvalue weighted by Gasteiger charge is 2.66. The number of nitrogens with zero attached hydrogens (tertiary/aromatic N) is 3. The third-order valence-corrected chi connectivity index (χ3v) is 13.4. The molecule has 0 unspecified atom stereocenters. The van der Waals surface area contributed by atoms with Gasteiger partial charge in [-0.05, 0) is 95.3 Å². The lowest BCUT2D eigenvalue weighted by Gasteiger charge is -2.59. The van der Waals surface area contributed by atoms with Crippen molar-refractivity contribution in [3.8, 4) is 17.2 Å². The molecule has 5 aromatic rings. The number of nitro benzene ring substituents is 1. The van der Waals surface area contributed by atoms with Crippen molar-refractivity contribution in [2.24, 2.45) is 22.9 Å². The van der Waals surface area contributed by atoms with Crippen LogP contribution in [0, 0.1) is 27.9 Å². The average Bonchev–Trinajstić information content (AvgIpc) is 3.36. The van der Waals surface area contributed by atoms with Gasteiger partial charge in [-0.15, -0.1) is 6.58 Å². The van der Waals surface area contributed by atoms with E-state index in [4.69, 9.17) is 23.8 Å². The van der Waals surface area contributed by atoms with Crippen molar-refractivity contribution in [3.63, 3.8) is 0 Å². The molecular formula is C54H58N4O11. The SMILES string of the molecule is C=CCO[C@@]12Oc3ccc(OC(=O)NCc4ccccc4)cc3[C@H]3[C@H](CCCCO)[C@@H](CCCCO)C=C(C(=NOC)C[C@@H]1N(Cc1cccc4ccccc14)C(=O)Oc1ccc([N+](=O)[O-])cc1)[C@H]32. The summed E-state index contributed by atoms with van der Waals surface area (Å²) in [5.74, 6) is -1.97. The van der Waals surface area contributed by atoms with Crippen LogP contribution < -0.4 is 19.5 Å². The van der Waals surface area contributed by atoms with E-state index in [0.717, 1.165) is 45.9 Å². The summed E-state index contributed by atoms with van der Waals surface area (Å²) in [6.07, 6.45) is 6.64. The molecule has 0 bridgehead atoms. The summed E-state index contributed by atoms with van der Waals surface area (Å²) >= 11 is 0. The summed E-state index contributed by atoms with van der Waals surface area (Å²) < 4.78 is 26.6. The van der Waals surface area contributed by atoms with Crippen LogP contribution in [0.4, 0.5) is 15.3 Å². The predicted molar refractivity (Wildman–Crippen MR) is 260 cm³/mol. The molecule has 15 nitrogen and oxygen atoms in total. The number of amides is 2. The molecule has 2 aliphatic carbocycles. The minimum absolute atomic E-state index is 0.0198. The monoisotopic (exact) mass is 938 g/mol. The summed E-state index contributed by atoms with van der Waals surface area (Å²) in [4.78, 5) is 46.8. The van der Waals surface area contributed by atoms with E-state index in [1.807, 2.05) is 78.9 Å². The Labute approximate surface area is 401 Å². The number of nitro groups is 1. The van der Waals surface area contributed by atoms with Gasteiger partial charge in [-0.25, -0.2) is 9.59 Å². The first-order chi connectivity index (χ1) is 33.7. The predicted octanol–water partition coefficient (Wildman–Crippen LogP) is 10.0. The smallest absolute Gasteiger partial charge is 0.416 e. The van der Waals surface area contributed by atoms with Crippen LogP contribution in [0.15, 0.2) is 145 Å². The Hall–Kier alpha value is -7.07. The number of benzene rings is 5. The number of allylic oxidation sites excluding steroid dienone is 1. The number of hydrogen-bond donors (Lipinski definition) is 3. The average molecular weight is 939 g/mol. The summed E-state index contributed by atoms with van der Waals surface area (Å²) in [5.41, 5.74) is 3.73. The lowest BCUT2D eigenvalue weighted by molar-refractivity contribution is -0.384. The van der Waals surface area contributed by atoms with Crippen LogP contribution in [0.25, 0.3) is 10.8 Å². The molecule has 5 aromatic carbocycles. The molecule has 2 amide bonds. The molecule has 6 atom stereocenters. The van der Waals surface area contributed by atoms with E-state index in [-0.39, 0.29) is 62.6 Å². The summed E-state index contributed by atoms with van der Waals surface area (Å²) in [7, 11) is 1.48. The lowest BCUT2D eigenvalue weighted by Crippen LogP contribution is -2.70. The zero-order valence-electron chi connectivity index (χ0n) is 38.6. The fraction of sp³-hybridized carbons (Fsp3) is 0.352. The van der Waals surface area contributed by atoms with Gasteiger partial charge in [-0.2, -0.15) is 0 Å². The highest BCUT2D eigenvalue weighted by Crippen LogP contribution is 2.62. The van der Waals surface area contributed by atoms with Crippen molar-refractivity contribution in [1.29, 1.82) is 0 Å². The van der Waals surface area contributed by atoms with E-state index in [1.54, 1.807) is 23.1 Å². The van der Waals surface area contributed by atoms with Crippen molar-refractivity contribution in [2.45, 2.75) is 75.8 Å². The van der Waals surface area contributed by atoms with Crippen LogP contribution in [0.1, 0.15) is 67.6 Å². The number of hydrogen-bond acceptors (Lipinski definition) is 12. The Balaban J connectivity index is 1.30. The first-order valence-electron chi connectivity index (χ1n) is 23.5. The normalized spacial score (nSPS) is 21.8. The minimum atomic E-state index is -1.63. The number of fused-ring (bicyclic) bond motifs is 3. The van der Waals surface area contributed by atoms with E-state index < -0.39 is 40.8 Å². The number of ether oxygens (including phenoxy) is 4. The molecule has 3 aliphatic rings. The summed E-state index contributed by atoms with van der Waals surface area (Å²) in [6.45, 7) is 4.41. The van der Waals surface area contributed by atoms with Crippen LogP contribution >= 0.6 is 0 Å². The van der Waals surface area contributed by atoms with Gasteiger partial charge >= 0.3 is 12.2 Å². The van der Waals surface area contributed by atoms with Gasteiger partial charge in [0.05, 0.1) is 29.7 Å². The molecule has 0 spiro atoms. The van der Waals surface area contributed by atoms with Crippen molar-refractivity contribution in [2.75, 3.05) is 26.9 Å². The van der Waals surface area contributed by atoms with E-state index >= 15 is 4.79 Å². The second-order valence-corrected chi connectivity index (χ2v) is 17.6. The Morgan fingerprint density at radius 2 is 1.64 bits per heavy atom. The molecule has 1 aliphatic heterocycles. The first kappa shape index (κ1) is 48.4. The number of oxime groups is 1. The molecule has 1 saturated carbocycles. The molecule has 0 saturated heterocycles. The maximum absolute atomic E-state index is 15.2. The van der Waals surface area contributed by atoms with Gasteiger partial charge in [0, 0.05) is 49.8 Å². The maximum atomic E-state index is 15.2. The van der Waals surface area contributed by atoms with Crippen LogP contribution in [-0.2, 0) is 22.7 Å². The Kier molecular flexibility index (Phi) is 15.7. The fourth-order valence-corrected chi connectivity index (χ4v) is 10.4. The van der Waals surface area contributed by atoms with Gasteiger partial charge in [-0.3, -0.25) is 15.0 Å². The van der Waals surface area contributed by atoms with E-state index in [1.165, 1.54) is 31.4 Å². The number of non-ortho nitro benzene ring substituents is 1. The molecule has 8 rings (SSSR count). The fourth-order valence-electron chi connectivity index (χ4n) is 10.4. The molecule has 0 aromatic heterocycles. The molecular weight excluding hydrogens is 881 g/mol. The van der Waals surface area contributed by atoms with Gasteiger partial charge < -0.3 is 39.3 Å². The summed E-state index contributed by atoms with van der Waals surface area (Å²) in [5, 5.41) is 40.9. The van der Waals surface area contributed by atoms with Crippen molar-refractivity contribution in [1.82, 2.24) is 10.2 Å². The Bertz CT molecular complexity index is 2670. The number of rotatable bonds is 20. The molecule has 3 N–H and O–H groups in total. The van der Waals surface area contributed by atoms with Crippen LogP contribution in [0.5, 0.6) is 17.2 Å². The zero-order chi connectivity index (χ0) is 48.3. The molecule has 360 valence electrons. The van der Waals surface area contributed by atoms with Gasteiger partial charge in [0.1, 0.15) is 30.4 Å². The lowest BCUT2D eigenvalue weighted by atomic mass is 9.55. The van der Waals surface area contributed by atoms with E-state index in [9.17, 15) is 25.1 Å². The second kappa shape index (κ2) is 22.4.